The van der Waals surface area contributed by atoms with Crippen molar-refractivity contribution >= 4 is 40.5 Å². The Morgan fingerprint density at radius 3 is 2.36 bits per heavy atom. The lowest BCUT2D eigenvalue weighted by Crippen LogP contribution is -2.51. The van der Waals surface area contributed by atoms with E-state index in [1.807, 2.05) is 17.0 Å². The number of amides is 1. The summed E-state index contributed by atoms with van der Waals surface area (Å²) in [4.78, 5) is 17.0. The number of halogens is 2. The molecular formula is C21H26Cl2N4O. The minimum absolute atomic E-state index is 0.0730. The predicted octanol–water partition coefficient (Wildman–Crippen LogP) is 4.22. The van der Waals surface area contributed by atoms with Gasteiger partial charge in [-0.1, -0.05) is 23.2 Å². The molecule has 1 heterocycles. The smallest absolute Gasteiger partial charge is 0.253 e. The molecule has 3 rings (SSSR count). The Morgan fingerprint density at radius 1 is 1.07 bits per heavy atom. The summed E-state index contributed by atoms with van der Waals surface area (Å²) in [6.45, 7) is 6.29. The molecule has 0 spiro atoms. The van der Waals surface area contributed by atoms with Crippen LogP contribution in [0.3, 0.4) is 0 Å². The molecule has 1 aliphatic heterocycles. The topological polar surface area (TPSA) is 61.6 Å². The summed E-state index contributed by atoms with van der Waals surface area (Å²) in [5.41, 5.74) is 8.24. The SMILES string of the molecule is C[C@H](CCNc1ccc(Cl)cc1N)N1CCN(C(=O)c2ccc(Cl)cc2)CC1. The third-order valence-electron chi connectivity index (χ3n) is 5.21. The van der Waals surface area contributed by atoms with Gasteiger partial charge in [-0.15, -0.1) is 0 Å². The fourth-order valence-corrected chi connectivity index (χ4v) is 3.74. The number of anilines is 2. The van der Waals surface area contributed by atoms with E-state index in [-0.39, 0.29) is 5.91 Å². The van der Waals surface area contributed by atoms with Crippen LogP contribution in [0.15, 0.2) is 42.5 Å². The van der Waals surface area contributed by atoms with Gasteiger partial charge in [0.05, 0.1) is 11.4 Å². The highest BCUT2D eigenvalue weighted by Gasteiger charge is 2.24. The zero-order valence-corrected chi connectivity index (χ0v) is 17.5. The Bertz CT molecular complexity index is 805. The highest BCUT2D eigenvalue weighted by atomic mass is 35.5. The van der Waals surface area contributed by atoms with E-state index in [4.69, 9.17) is 28.9 Å². The van der Waals surface area contributed by atoms with E-state index in [0.29, 0.717) is 27.3 Å². The first-order valence-corrected chi connectivity index (χ1v) is 10.3. The number of nitrogens with one attached hydrogen (secondary N) is 1. The Morgan fingerprint density at radius 2 is 1.71 bits per heavy atom. The van der Waals surface area contributed by atoms with Crippen LogP contribution in [-0.4, -0.2) is 54.5 Å². The van der Waals surface area contributed by atoms with Gasteiger partial charge in [0.15, 0.2) is 0 Å². The number of benzene rings is 2. The van der Waals surface area contributed by atoms with E-state index in [2.05, 4.69) is 17.1 Å². The molecule has 0 aromatic heterocycles. The number of nitrogens with two attached hydrogens (primary N) is 1. The van der Waals surface area contributed by atoms with Crippen molar-refractivity contribution in [3.8, 4) is 0 Å². The van der Waals surface area contributed by atoms with Gasteiger partial charge in [-0.3, -0.25) is 9.69 Å². The first-order chi connectivity index (χ1) is 13.4. The Hall–Kier alpha value is -1.95. The molecule has 7 heteroatoms. The zero-order valence-electron chi connectivity index (χ0n) is 16.0. The average Bonchev–Trinajstić information content (AvgIpc) is 2.69. The van der Waals surface area contributed by atoms with Gasteiger partial charge < -0.3 is 16.0 Å². The van der Waals surface area contributed by atoms with Gasteiger partial charge in [0.1, 0.15) is 0 Å². The summed E-state index contributed by atoms with van der Waals surface area (Å²) in [5, 5.41) is 4.66. The molecule has 1 amide bonds. The van der Waals surface area contributed by atoms with Gasteiger partial charge in [0.2, 0.25) is 0 Å². The monoisotopic (exact) mass is 420 g/mol. The van der Waals surface area contributed by atoms with Crippen LogP contribution in [0, 0.1) is 0 Å². The molecule has 1 aliphatic rings. The van der Waals surface area contributed by atoms with Crippen LogP contribution in [0.1, 0.15) is 23.7 Å². The van der Waals surface area contributed by atoms with Crippen LogP contribution in [0.4, 0.5) is 11.4 Å². The van der Waals surface area contributed by atoms with Gasteiger partial charge in [0, 0.05) is 54.4 Å². The van der Waals surface area contributed by atoms with Gasteiger partial charge in [-0.2, -0.15) is 0 Å². The summed E-state index contributed by atoms with van der Waals surface area (Å²) in [7, 11) is 0. The third kappa shape index (κ3) is 5.31. The van der Waals surface area contributed by atoms with Crippen molar-refractivity contribution in [2.75, 3.05) is 43.8 Å². The van der Waals surface area contributed by atoms with E-state index in [1.54, 1.807) is 30.3 Å². The number of carbonyl (C=O) groups excluding carboxylic acids is 1. The Balaban J connectivity index is 1.43. The molecule has 0 saturated carbocycles. The first-order valence-electron chi connectivity index (χ1n) is 9.52. The summed E-state index contributed by atoms with van der Waals surface area (Å²) in [6, 6.07) is 13.0. The van der Waals surface area contributed by atoms with Crippen molar-refractivity contribution in [1.82, 2.24) is 9.80 Å². The molecule has 0 radical (unpaired) electrons. The second-order valence-electron chi connectivity index (χ2n) is 7.13. The fraction of sp³-hybridized carbons (Fsp3) is 0.381. The number of carbonyl (C=O) groups is 1. The molecule has 0 unspecified atom stereocenters. The highest BCUT2D eigenvalue weighted by Crippen LogP contribution is 2.23. The van der Waals surface area contributed by atoms with Crippen LogP contribution in [0.25, 0.3) is 0 Å². The second-order valence-corrected chi connectivity index (χ2v) is 8.00. The third-order valence-corrected chi connectivity index (χ3v) is 5.69. The molecule has 2 aromatic rings. The molecule has 3 N–H and O–H groups in total. The van der Waals surface area contributed by atoms with E-state index in [0.717, 1.165) is 44.8 Å². The minimum Gasteiger partial charge on any atom is -0.397 e. The maximum atomic E-state index is 12.6. The zero-order chi connectivity index (χ0) is 20.1. The van der Waals surface area contributed by atoms with Crippen LogP contribution in [0.2, 0.25) is 10.0 Å². The summed E-state index contributed by atoms with van der Waals surface area (Å²) >= 11 is 11.8. The fourth-order valence-electron chi connectivity index (χ4n) is 3.43. The van der Waals surface area contributed by atoms with Crippen LogP contribution >= 0.6 is 23.2 Å². The lowest BCUT2D eigenvalue weighted by molar-refractivity contribution is 0.0578. The maximum absolute atomic E-state index is 12.6. The number of nitrogens with zero attached hydrogens (tertiary/aromatic N) is 2. The van der Waals surface area contributed by atoms with Crippen molar-refractivity contribution in [3.05, 3.63) is 58.1 Å². The summed E-state index contributed by atoms with van der Waals surface area (Å²) in [6.07, 6.45) is 0.993. The van der Waals surface area contributed by atoms with E-state index in [9.17, 15) is 4.79 Å². The summed E-state index contributed by atoms with van der Waals surface area (Å²) < 4.78 is 0. The molecule has 1 atom stereocenters. The molecule has 28 heavy (non-hydrogen) atoms. The number of piperazine rings is 1. The normalized spacial score (nSPS) is 16.0. The molecule has 5 nitrogen and oxygen atoms in total. The standard InChI is InChI=1S/C21H26Cl2N4O/c1-15(8-9-25-20-7-6-18(23)14-19(20)24)26-10-12-27(13-11-26)21(28)16-2-4-17(22)5-3-16/h2-7,14-15,25H,8-13,24H2,1H3/t15-/m1/s1. The van der Waals surface area contributed by atoms with Gasteiger partial charge in [-0.25, -0.2) is 0 Å². The van der Waals surface area contributed by atoms with Crippen molar-refractivity contribution in [3.63, 3.8) is 0 Å². The van der Waals surface area contributed by atoms with Crippen molar-refractivity contribution < 1.29 is 4.79 Å². The predicted molar refractivity (Wildman–Crippen MR) is 117 cm³/mol. The largest absolute Gasteiger partial charge is 0.397 e. The van der Waals surface area contributed by atoms with E-state index >= 15 is 0 Å². The molecule has 2 aromatic carbocycles. The Kier molecular flexibility index (Phi) is 7.05. The average molecular weight is 421 g/mol. The molecule has 1 saturated heterocycles. The lowest BCUT2D eigenvalue weighted by Gasteiger charge is -2.38. The summed E-state index contributed by atoms with van der Waals surface area (Å²) in [5.74, 6) is 0.0730. The lowest BCUT2D eigenvalue weighted by atomic mass is 10.1. The maximum Gasteiger partial charge on any atom is 0.253 e. The van der Waals surface area contributed by atoms with Gasteiger partial charge >= 0.3 is 0 Å². The number of rotatable bonds is 6. The van der Waals surface area contributed by atoms with Crippen molar-refractivity contribution in [2.45, 2.75) is 19.4 Å². The number of nitrogen functional groups attached to an aromatic ring is 1. The number of hydrogen-bond acceptors (Lipinski definition) is 4. The number of hydrogen-bond donors (Lipinski definition) is 2. The van der Waals surface area contributed by atoms with Gasteiger partial charge in [-0.05, 0) is 55.8 Å². The van der Waals surface area contributed by atoms with E-state index < -0.39 is 0 Å². The van der Waals surface area contributed by atoms with Crippen LogP contribution in [0.5, 0.6) is 0 Å². The molecule has 150 valence electrons. The van der Waals surface area contributed by atoms with Crippen molar-refractivity contribution in [1.29, 1.82) is 0 Å². The van der Waals surface area contributed by atoms with Crippen molar-refractivity contribution in [2.24, 2.45) is 0 Å². The molecule has 0 aliphatic carbocycles. The Labute approximate surface area is 176 Å². The quantitative estimate of drug-likeness (QED) is 0.686. The van der Waals surface area contributed by atoms with Gasteiger partial charge in [0.25, 0.3) is 5.91 Å². The second kappa shape index (κ2) is 9.50. The highest BCUT2D eigenvalue weighted by molar-refractivity contribution is 6.31. The first kappa shape index (κ1) is 20.8. The van der Waals surface area contributed by atoms with Crippen LogP contribution < -0.4 is 11.1 Å². The van der Waals surface area contributed by atoms with E-state index in [1.165, 1.54) is 0 Å². The van der Waals surface area contributed by atoms with Crippen LogP contribution in [-0.2, 0) is 0 Å². The molecule has 1 fully saturated rings. The molecular weight excluding hydrogens is 395 g/mol. The minimum atomic E-state index is 0.0730. The molecule has 0 bridgehead atoms.